The molecule has 104 valence electrons. The molecule has 0 aromatic heterocycles. The second kappa shape index (κ2) is 6.74. The Kier molecular flexibility index (Phi) is 5.00. The normalized spacial score (nSPS) is 17.5. The van der Waals surface area contributed by atoms with E-state index >= 15 is 0 Å². The van der Waals surface area contributed by atoms with Crippen LogP contribution in [0.5, 0.6) is 0 Å². The summed E-state index contributed by atoms with van der Waals surface area (Å²) in [6.45, 7) is 2.94. The summed E-state index contributed by atoms with van der Waals surface area (Å²) in [7, 11) is 4.26. The topological polar surface area (TPSA) is 15.6 Å². The Labute approximate surface area is 117 Å². The Hall–Kier alpha value is -1.31. The van der Waals surface area contributed by atoms with Gasteiger partial charge in [-0.1, -0.05) is 49.1 Å². The number of nitrogens with zero attached hydrogens (tertiary/aromatic N) is 2. The van der Waals surface area contributed by atoms with Crippen LogP contribution in [0.15, 0.2) is 29.3 Å². The highest BCUT2D eigenvalue weighted by Crippen LogP contribution is 2.25. The van der Waals surface area contributed by atoms with Crippen LogP contribution in [-0.4, -0.2) is 24.8 Å². The molecule has 0 amide bonds. The molecular formula is C17H26N2. The van der Waals surface area contributed by atoms with Crippen LogP contribution in [0.25, 0.3) is 0 Å². The molecular weight excluding hydrogens is 232 g/mol. The van der Waals surface area contributed by atoms with Crippen LogP contribution >= 0.6 is 0 Å². The van der Waals surface area contributed by atoms with Crippen LogP contribution in [0, 0.1) is 12.8 Å². The van der Waals surface area contributed by atoms with Gasteiger partial charge in [0.15, 0.2) is 0 Å². The molecule has 2 nitrogen and oxygen atoms in total. The van der Waals surface area contributed by atoms with Crippen LogP contribution in [0.2, 0.25) is 0 Å². The van der Waals surface area contributed by atoms with Crippen LogP contribution < -0.4 is 0 Å². The number of rotatable bonds is 3. The number of hydrogen-bond acceptors (Lipinski definition) is 1. The summed E-state index contributed by atoms with van der Waals surface area (Å²) < 4.78 is 0. The minimum atomic E-state index is 0.675. The quantitative estimate of drug-likeness (QED) is 0.590. The Bertz CT molecular complexity index is 411. The van der Waals surface area contributed by atoms with Crippen molar-refractivity contribution in [3.63, 3.8) is 0 Å². The average Bonchev–Trinajstić information content (AvgIpc) is 2.42. The van der Waals surface area contributed by atoms with Gasteiger partial charge in [-0.05, 0) is 25.3 Å². The zero-order chi connectivity index (χ0) is 13.7. The highest BCUT2D eigenvalue weighted by molar-refractivity contribution is 5.84. The van der Waals surface area contributed by atoms with Crippen molar-refractivity contribution in [2.45, 2.75) is 45.6 Å². The summed E-state index contributed by atoms with van der Waals surface area (Å²) in [5.41, 5.74) is 2.62. The molecule has 1 aromatic carbocycles. The highest BCUT2D eigenvalue weighted by Gasteiger charge is 2.20. The molecule has 0 spiro atoms. The van der Waals surface area contributed by atoms with Crippen LogP contribution in [0.4, 0.5) is 0 Å². The predicted octanol–water partition coefficient (Wildman–Crippen LogP) is 4.04. The third-order valence-electron chi connectivity index (χ3n) is 3.97. The predicted molar refractivity (Wildman–Crippen MR) is 82.6 cm³/mol. The maximum Gasteiger partial charge on any atom is 0.102 e. The van der Waals surface area contributed by atoms with Crippen molar-refractivity contribution in [1.82, 2.24) is 4.90 Å². The number of hydrogen-bond donors (Lipinski definition) is 0. The third kappa shape index (κ3) is 4.09. The van der Waals surface area contributed by atoms with Crippen molar-refractivity contribution in [1.29, 1.82) is 0 Å². The summed E-state index contributed by atoms with van der Waals surface area (Å²) in [6.07, 6.45) is 6.75. The molecule has 0 heterocycles. The number of aliphatic imine (C=N–C) groups is 1. The van der Waals surface area contributed by atoms with Gasteiger partial charge in [-0.25, -0.2) is 0 Å². The van der Waals surface area contributed by atoms with Crippen molar-refractivity contribution >= 4 is 5.84 Å². The first-order valence-electron chi connectivity index (χ1n) is 7.44. The Balaban J connectivity index is 2.05. The molecule has 0 unspecified atom stereocenters. The molecule has 0 aliphatic heterocycles. The maximum absolute atomic E-state index is 4.89. The Morgan fingerprint density at radius 1 is 1.11 bits per heavy atom. The number of benzene rings is 1. The molecule has 1 fully saturated rings. The third-order valence-corrected chi connectivity index (χ3v) is 3.97. The molecule has 1 saturated carbocycles. The van der Waals surface area contributed by atoms with Crippen molar-refractivity contribution in [2.75, 3.05) is 14.1 Å². The molecule has 2 heteroatoms. The molecule has 0 atom stereocenters. The first-order valence-corrected chi connectivity index (χ1v) is 7.44. The minimum Gasteiger partial charge on any atom is -0.366 e. The van der Waals surface area contributed by atoms with E-state index < -0.39 is 0 Å². The van der Waals surface area contributed by atoms with Gasteiger partial charge >= 0.3 is 0 Å². The molecule has 0 radical (unpaired) electrons. The molecule has 2 rings (SSSR count). The van der Waals surface area contributed by atoms with E-state index in [0.29, 0.717) is 5.92 Å². The summed E-state index contributed by atoms with van der Waals surface area (Å²) >= 11 is 0. The van der Waals surface area contributed by atoms with E-state index in [2.05, 4.69) is 50.2 Å². The zero-order valence-corrected chi connectivity index (χ0v) is 12.5. The zero-order valence-electron chi connectivity index (χ0n) is 12.5. The lowest BCUT2D eigenvalue weighted by atomic mass is 9.88. The molecule has 19 heavy (non-hydrogen) atoms. The van der Waals surface area contributed by atoms with E-state index in [9.17, 15) is 0 Å². The number of amidine groups is 1. The molecule has 1 aliphatic rings. The van der Waals surface area contributed by atoms with Gasteiger partial charge in [0, 0.05) is 20.0 Å². The molecule has 0 N–H and O–H groups in total. The summed E-state index contributed by atoms with van der Waals surface area (Å²) in [6, 6.07) is 8.71. The SMILES string of the molecule is Cc1ccc(CN=C(C2CCCCC2)N(C)C)cc1. The van der Waals surface area contributed by atoms with Gasteiger partial charge in [-0.2, -0.15) is 0 Å². The molecule has 0 bridgehead atoms. The van der Waals surface area contributed by atoms with Gasteiger partial charge in [-0.3, -0.25) is 4.99 Å². The second-order valence-corrected chi connectivity index (χ2v) is 5.89. The van der Waals surface area contributed by atoms with Gasteiger partial charge in [-0.15, -0.1) is 0 Å². The molecule has 0 saturated heterocycles. The summed E-state index contributed by atoms with van der Waals surface area (Å²) in [5, 5.41) is 0. The van der Waals surface area contributed by atoms with E-state index in [1.54, 1.807) is 0 Å². The van der Waals surface area contributed by atoms with E-state index in [-0.39, 0.29) is 0 Å². The standard InChI is InChI=1S/C17H26N2/c1-14-9-11-15(12-10-14)13-18-17(19(2)3)16-7-5-4-6-8-16/h9-12,16H,4-8,13H2,1-3H3. The molecule has 1 aliphatic carbocycles. The fourth-order valence-electron chi connectivity index (χ4n) is 2.86. The first kappa shape index (κ1) is 14.1. The fourth-order valence-corrected chi connectivity index (χ4v) is 2.86. The first-order chi connectivity index (χ1) is 9.16. The van der Waals surface area contributed by atoms with Gasteiger partial charge in [0.25, 0.3) is 0 Å². The lowest BCUT2D eigenvalue weighted by molar-refractivity contribution is 0.406. The van der Waals surface area contributed by atoms with E-state index in [0.717, 1.165) is 6.54 Å². The Morgan fingerprint density at radius 3 is 2.32 bits per heavy atom. The highest BCUT2D eigenvalue weighted by atomic mass is 15.1. The summed E-state index contributed by atoms with van der Waals surface area (Å²) in [5.74, 6) is 1.97. The molecule has 1 aromatic rings. The second-order valence-electron chi connectivity index (χ2n) is 5.89. The summed E-state index contributed by atoms with van der Waals surface area (Å²) in [4.78, 5) is 7.10. The monoisotopic (exact) mass is 258 g/mol. The lowest BCUT2D eigenvalue weighted by Crippen LogP contribution is -2.31. The van der Waals surface area contributed by atoms with Gasteiger partial charge in [0.1, 0.15) is 5.84 Å². The smallest absolute Gasteiger partial charge is 0.102 e. The minimum absolute atomic E-state index is 0.675. The van der Waals surface area contributed by atoms with Gasteiger partial charge in [0.2, 0.25) is 0 Å². The van der Waals surface area contributed by atoms with Gasteiger partial charge < -0.3 is 4.90 Å². The number of aryl methyl sites for hydroxylation is 1. The van der Waals surface area contributed by atoms with Crippen molar-refractivity contribution in [3.05, 3.63) is 35.4 Å². The van der Waals surface area contributed by atoms with Crippen molar-refractivity contribution in [3.8, 4) is 0 Å². The van der Waals surface area contributed by atoms with Gasteiger partial charge in [0.05, 0.1) is 6.54 Å². The van der Waals surface area contributed by atoms with Crippen LogP contribution in [0.1, 0.15) is 43.2 Å². The Morgan fingerprint density at radius 2 is 1.74 bits per heavy atom. The van der Waals surface area contributed by atoms with Crippen LogP contribution in [-0.2, 0) is 6.54 Å². The fraction of sp³-hybridized carbons (Fsp3) is 0.588. The van der Waals surface area contributed by atoms with Crippen LogP contribution in [0.3, 0.4) is 0 Å². The van der Waals surface area contributed by atoms with E-state index in [1.807, 2.05) is 0 Å². The maximum atomic E-state index is 4.89. The average molecular weight is 258 g/mol. The lowest BCUT2D eigenvalue weighted by Gasteiger charge is -2.28. The van der Waals surface area contributed by atoms with Crippen molar-refractivity contribution < 1.29 is 0 Å². The van der Waals surface area contributed by atoms with E-state index in [1.165, 1.54) is 49.1 Å². The van der Waals surface area contributed by atoms with Crippen molar-refractivity contribution in [2.24, 2.45) is 10.9 Å². The van der Waals surface area contributed by atoms with E-state index in [4.69, 9.17) is 4.99 Å². The largest absolute Gasteiger partial charge is 0.366 e.